The lowest BCUT2D eigenvalue weighted by Gasteiger charge is -2.00. The first-order valence-electron chi connectivity index (χ1n) is 7.18. The number of thiazole rings is 1. The lowest BCUT2D eigenvalue weighted by molar-refractivity contribution is -0.113. The molecular formula is C18H16N2OS2. The van der Waals surface area contributed by atoms with Gasteiger partial charge in [-0.3, -0.25) is 4.79 Å². The molecule has 5 heteroatoms. The zero-order valence-electron chi connectivity index (χ0n) is 12.7. The summed E-state index contributed by atoms with van der Waals surface area (Å²) in [5, 5.41) is 1.98. The molecule has 0 aliphatic heterocycles. The molecule has 3 aromatic rings. The van der Waals surface area contributed by atoms with Crippen LogP contribution in [0.3, 0.4) is 0 Å². The highest BCUT2D eigenvalue weighted by Gasteiger charge is 2.06. The summed E-state index contributed by atoms with van der Waals surface area (Å²) in [6.45, 7) is 6.48. The zero-order valence-corrected chi connectivity index (χ0v) is 14.4. The van der Waals surface area contributed by atoms with Gasteiger partial charge in [-0.05, 0) is 42.1 Å². The number of benzene rings is 1. The second-order valence-electron chi connectivity index (χ2n) is 5.05. The number of carbonyl (C=O) groups excluding carboxylic acids is 1. The van der Waals surface area contributed by atoms with Crippen molar-refractivity contribution in [3.63, 3.8) is 0 Å². The van der Waals surface area contributed by atoms with E-state index in [1.807, 2.05) is 28.2 Å². The summed E-state index contributed by atoms with van der Waals surface area (Å²) < 4.78 is 3.14. The number of hydrogen-bond acceptors (Lipinski definition) is 3. The average molecular weight is 340 g/mol. The van der Waals surface area contributed by atoms with Crippen LogP contribution in [-0.4, -0.2) is 10.5 Å². The maximum atomic E-state index is 12.1. The van der Waals surface area contributed by atoms with E-state index in [0.717, 1.165) is 15.1 Å². The minimum atomic E-state index is -0.250. The van der Waals surface area contributed by atoms with Gasteiger partial charge < -0.3 is 4.57 Å². The van der Waals surface area contributed by atoms with E-state index >= 15 is 0 Å². The fourth-order valence-electron chi connectivity index (χ4n) is 2.24. The summed E-state index contributed by atoms with van der Waals surface area (Å²) in [5.74, 6) is -0.250. The number of carbonyl (C=O) groups is 1. The number of rotatable bonds is 4. The molecule has 3 rings (SSSR count). The van der Waals surface area contributed by atoms with Crippen molar-refractivity contribution >= 4 is 44.9 Å². The van der Waals surface area contributed by atoms with Crippen LogP contribution in [0, 0.1) is 6.92 Å². The fourth-order valence-corrected chi connectivity index (χ4v) is 4.00. The second-order valence-corrected chi connectivity index (χ2v) is 7.04. The second kappa shape index (κ2) is 6.89. The van der Waals surface area contributed by atoms with E-state index in [1.54, 1.807) is 17.4 Å². The lowest BCUT2D eigenvalue weighted by atomic mass is 10.2. The van der Waals surface area contributed by atoms with Crippen molar-refractivity contribution in [3.05, 3.63) is 69.7 Å². The third-order valence-corrected chi connectivity index (χ3v) is 5.17. The van der Waals surface area contributed by atoms with Crippen LogP contribution in [0.4, 0.5) is 0 Å². The predicted octanol–water partition coefficient (Wildman–Crippen LogP) is 4.40. The van der Waals surface area contributed by atoms with E-state index in [9.17, 15) is 4.79 Å². The van der Waals surface area contributed by atoms with Crippen LogP contribution in [0.5, 0.6) is 0 Å². The molecule has 0 N–H and O–H groups in total. The number of amides is 1. The summed E-state index contributed by atoms with van der Waals surface area (Å²) in [6.07, 6.45) is 5.13. The first kappa shape index (κ1) is 15.6. The molecule has 3 nitrogen and oxygen atoms in total. The summed E-state index contributed by atoms with van der Waals surface area (Å²) >= 11 is 3.12. The van der Waals surface area contributed by atoms with E-state index in [-0.39, 0.29) is 5.91 Å². The Morgan fingerprint density at radius 1 is 1.39 bits per heavy atom. The van der Waals surface area contributed by atoms with Crippen LogP contribution in [0.2, 0.25) is 0 Å². The minimum Gasteiger partial charge on any atom is -0.312 e. The Hall–Kier alpha value is -2.24. The largest absolute Gasteiger partial charge is 0.312 e. The summed E-state index contributed by atoms with van der Waals surface area (Å²) in [4.78, 5) is 18.1. The van der Waals surface area contributed by atoms with Gasteiger partial charge in [-0.25, -0.2) is 0 Å². The van der Waals surface area contributed by atoms with E-state index in [1.165, 1.54) is 23.0 Å². The van der Waals surface area contributed by atoms with Crippen molar-refractivity contribution in [2.24, 2.45) is 4.99 Å². The molecule has 0 unspecified atom stereocenters. The molecule has 0 bridgehead atoms. The Bertz CT molecular complexity index is 943. The number of allylic oxidation sites excluding steroid dienone is 1. The Labute approximate surface area is 142 Å². The number of aryl methyl sites for hydroxylation is 1. The molecule has 23 heavy (non-hydrogen) atoms. The Kier molecular flexibility index (Phi) is 4.69. The van der Waals surface area contributed by atoms with Gasteiger partial charge in [0, 0.05) is 17.5 Å². The number of nitrogens with zero attached hydrogens (tertiary/aromatic N) is 2. The highest BCUT2D eigenvalue weighted by Crippen LogP contribution is 2.19. The first-order valence-corrected chi connectivity index (χ1v) is 8.88. The topological polar surface area (TPSA) is 34.4 Å². The molecular weight excluding hydrogens is 324 g/mol. The van der Waals surface area contributed by atoms with Gasteiger partial charge in [0.1, 0.15) is 0 Å². The average Bonchev–Trinajstić information content (AvgIpc) is 3.14. The molecule has 0 aliphatic carbocycles. The van der Waals surface area contributed by atoms with Crippen molar-refractivity contribution in [1.29, 1.82) is 0 Å². The maximum Gasteiger partial charge on any atom is 0.272 e. The summed E-state index contributed by atoms with van der Waals surface area (Å²) in [5.41, 5.74) is 2.27. The summed E-state index contributed by atoms with van der Waals surface area (Å²) in [7, 11) is 0. The number of hydrogen-bond donors (Lipinski definition) is 0. The molecule has 2 aromatic heterocycles. The van der Waals surface area contributed by atoms with Gasteiger partial charge >= 0.3 is 0 Å². The molecule has 0 radical (unpaired) electrons. The van der Waals surface area contributed by atoms with Gasteiger partial charge in [0.2, 0.25) is 0 Å². The SMILES string of the molecule is C=CCn1c(=NC(=O)C=Cc2cccs2)sc2cc(C)ccc21. The van der Waals surface area contributed by atoms with Gasteiger partial charge in [-0.1, -0.05) is 29.5 Å². The predicted molar refractivity (Wildman–Crippen MR) is 98.7 cm³/mol. The number of thiophene rings is 1. The Morgan fingerprint density at radius 3 is 3.00 bits per heavy atom. The van der Waals surface area contributed by atoms with E-state index < -0.39 is 0 Å². The zero-order chi connectivity index (χ0) is 16.2. The molecule has 0 aliphatic rings. The highest BCUT2D eigenvalue weighted by atomic mass is 32.1. The molecule has 0 saturated heterocycles. The van der Waals surface area contributed by atoms with Crippen LogP contribution in [-0.2, 0) is 11.3 Å². The van der Waals surface area contributed by atoms with Gasteiger partial charge in [0.15, 0.2) is 4.80 Å². The molecule has 116 valence electrons. The van der Waals surface area contributed by atoms with Crippen LogP contribution in [0.15, 0.2) is 59.4 Å². The maximum absolute atomic E-state index is 12.1. The van der Waals surface area contributed by atoms with Crippen LogP contribution in [0.1, 0.15) is 10.4 Å². The summed E-state index contributed by atoms with van der Waals surface area (Å²) in [6, 6.07) is 10.2. The number of aromatic nitrogens is 1. The molecule has 2 heterocycles. The lowest BCUT2D eigenvalue weighted by Crippen LogP contribution is -2.15. The fraction of sp³-hybridized carbons (Fsp3) is 0.111. The quantitative estimate of drug-likeness (QED) is 0.512. The third-order valence-electron chi connectivity index (χ3n) is 3.29. The normalized spacial score (nSPS) is 12.3. The highest BCUT2D eigenvalue weighted by molar-refractivity contribution is 7.16. The van der Waals surface area contributed by atoms with Crippen molar-refractivity contribution in [2.45, 2.75) is 13.5 Å². The van der Waals surface area contributed by atoms with E-state index in [2.05, 4.69) is 36.7 Å². The van der Waals surface area contributed by atoms with E-state index in [0.29, 0.717) is 11.3 Å². The first-order chi connectivity index (χ1) is 11.2. The van der Waals surface area contributed by atoms with Crippen LogP contribution < -0.4 is 4.80 Å². The monoisotopic (exact) mass is 340 g/mol. The Morgan fingerprint density at radius 2 is 2.26 bits per heavy atom. The van der Waals surface area contributed by atoms with Gasteiger partial charge in [-0.2, -0.15) is 4.99 Å². The van der Waals surface area contributed by atoms with Crippen molar-refractivity contribution < 1.29 is 4.79 Å². The third kappa shape index (κ3) is 3.57. The standard InChI is InChI=1S/C18H16N2OS2/c1-3-10-20-15-8-6-13(2)12-16(15)23-18(20)19-17(21)9-7-14-5-4-11-22-14/h3-9,11-12H,1,10H2,2H3. The number of fused-ring (bicyclic) bond motifs is 1. The van der Waals surface area contributed by atoms with Crippen LogP contribution >= 0.6 is 22.7 Å². The van der Waals surface area contributed by atoms with Crippen LogP contribution in [0.25, 0.3) is 16.3 Å². The molecule has 0 atom stereocenters. The van der Waals surface area contributed by atoms with Gasteiger partial charge in [0.05, 0.1) is 10.2 Å². The molecule has 0 saturated carbocycles. The van der Waals surface area contributed by atoms with Crippen molar-refractivity contribution in [2.75, 3.05) is 0 Å². The molecule has 0 spiro atoms. The van der Waals surface area contributed by atoms with Gasteiger partial charge in [0.25, 0.3) is 5.91 Å². The molecule has 0 fully saturated rings. The van der Waals surface area contributed by atoms with Gasteiger partial charge in [-0.15, -0.1) is 17.9 Å². The minimum absolute atomic E-state index is 0.250. The van der Waals surface area contributed by atoms with Crippen molar-refractivity contribution in [1.82, 2.24) is 4.57 Å². The molecule has 1 aromatic carbocycles. The Balaban J connectivity index is 2.01. The van der Waals surface area contributed by atoms with E-state index in [4.69, 9.17) is 0 Å². The van der Waals surface area contributed by atoms with Crippen molar-refractivity contribution in [3.8, 4) is 0 Å². The molecule has 1 amide bonds. The smallest absolute Gasteiger partial charge is 0.272 e.